The third kappa shape index (κ3) is 7.42. The van der Waals surface area contributed by atoms with Gasteiger partial charge in [-0.3, -0.25) is 9.48 Å². The first-order valence-corrected chi connectivity index (χ1v) is 14.8. The number of aromatic nitrogens is 6. The molecule has 0 unspecified atom stereocenters. The van der Waals surface area contributed by atoms with Crippen LogP contribution >= 0.6 is 11.6 Å². The van der Waals surface area contributed by atoms with E-state index in [-0.39, 0.29) is 59.3 Å². The van der Waals surface area contributed by atoms with Crippen molar-refractivity contribution in [3.63, 3.8) is 0 Å². The molecule has 1 aliphatic rings. The van der Waals surface area contributed by atoms with Crippen LogP contribution in [0.15, 0.2) is 49.2 Å². The molecule has 0 aliphatic carbocycles. The van der Waals surface area contributed by atoms with Gasteiger partial charge in [-0.25, -0.2) is 15.0 Å². The van der Waals surface area contributed by atoms with Crippen molar-refractivity contribution in [1.29, 1.82) is 0 Å². The van der Waals surface area contributed by atoms with Crippen LogP contribution in [0.2, 0.25) is 5.28 Å². The topological polar surface area (TPSA) is 96.2 Å². The van der Waals surface area contributed by atoms with Crippen LogP contribution in [0, 0.1) is 0 Å². The number of amides is 1. The van der Waals surface area contributed by atoms with E-state index in [1.54, 1.807) is 43.1 Å². The van der Waals surface area contributed by atoms with Gasteiger partial charge in [0.1, 0.15) is 11.4 Å². The quantitative estimate of drug-likeness (QED) is 0.162. The molecule has 0 bridgehead atoms. The van der Waals surface area contributed by atoms with Gasteiger partial charge in [0, 0.05) is 76.2 Å². The number of aryl methyl sites for hydroxylation is 1. The van der Waals surface area contributed by atoms with Crippen LogP contribution in [0.25, 0.3) is 11.1 Å². The first-order valence-electron chi connectivity index (χ1n) is 14.4. The molecule has 1 fully saturated rings. The van der Waals surface area contributed by atoms with Gasteiger partial charge >= 0.3 is 12.4 Å². The zero-order chi connectivity index (χ0) is 34.3. The van der Waals surface area contributed by atoms with Gasteiger partial charge in [0.2, 0.25) is 11.2 Å². The average molecular weight is 682 g/mol. The summed E-state index contributed by atoms with van der Waals surface area (Å²) in [6.45, 7) is 1.72. The Balaban J connectivity index is 1.58. The minimum absolute atomic E-state index is 0.0932. The van der Waals surface area contributed by atoms with E-state index < -0.39 is 29.5 Å². The fraction of sp³-hybridized carbons (Fsp3) is 0.400. The summed E-state index contributed by atoms with van der Waals surface area (Å²) in [6.07, 6.45) is -1.34. The van der Waals surface area contributed by atoms with Gasteiger partial charge in [0.05, 0.1) is 23.4 Å². The minimum Gasteiger partial charge on any atom is -0.351 e. The number of nitrogens with zero attached hydrogens (tertiary/aromatic N) is 9. The molecule has 0 spiro atoms. The lowest BCUT2D eigenvalue weighted by atomic mass is 10.0. The van der Waals surface area contributed by atoms with Crippen molar-refractivity contribution in [3.05, 3.63) is 76.7 Å². The third-order valence-electron chi connectivity index (χ3n) is 7.89. The number of carbonyl (C=O) groups is 1. The molecular weight excluding hydrogens is 652 g/mol. The first-order chi connectivity index (χ1) is 22.0. The molecule has 17 heteroatoms. The van der Waals surface area contributed by atoms with Crippen LogP contribution in [0.4, 0.5) is 38.1 Å². The molecule has 1 saturated heterocycles. The van der Waals surface area contributed by atoms with E-state index in [4.69, 9.17) is 11.6 Å². The summed E-state index contributed by atoms with van der Waals surface area (Å²) in [4.78, 5) is 35.1. The van der Waals surface area contributed by atoms with Crippen LogP contribution in [0.3, 0.4) is 0 Å². The highest BCUT2D eigenvalue weighted by atomic mass is 35.5. The Morgan fingerprint density at radius 2 is 1.60 bits per heavy atom. The summed E-state index contributed by atoms with van der Waals surface area (Å²) in [6, 6.07) is 0.746. The summed E-state index contributed by atoms with van der Waals surface area (Å²) in [5, 5.41) is 4.04. The maximum atomic E-state index is 13.8. The van der Waals surface area contributed by atoms with Crippen LogP contribution in [0.5, 0.6) is 0 Å². The zero-order valence-electron chi connectivity index (χ0n) is 25.7. The lowest BCUT2D eigenvalue weighted by Gasteiger charge is -2.30. The second-order valence-corrected chi connectivity index (χ2v) is 11.7. The molecule has 4 aromatic rings. The fourth-order valence-corrected chi connectivity index (χ4v) is 5.72. The smallest absolute Gasteiger partial charge is 0.351 e. The lowest BCUT2D eigenvalue weighted by Crippen LogP contribution is -2.39. The molecule has 10 nitrogen and oxygen atoms in total. The number of hydrogen-bond acceptors (Lipinski definition) is 8. The van der Waals surface area contributed by atoms with Crippen molar-refractivity contribution >= 4 is 29.3 Å². The van der Waals surface area contributed by atoms with E-state index >= 15 is 0 Å². The molecule has 0 saturated carbocycles. The minimum atomic E-state index is -5.01. The van der Waals surface area contributed by atoms with Gasteiger partial charge < -0.3 is 14.7 Å². The number of carbonyl (C=O) groups excluding carboxylic acids is 1. The van der Waals surface area contributed by atoms with Crippen molar-refractivity contribution in [3.8, 4) is 11.1 Å². The molecule has 2 atom stereocenters. The Morgan fingerprint density at radius 3 is 2.13 bits per heavy atom. The second-order valence-electron chi connectivity index (χ2n) is 11.4. The Bertz CT molecular complexity index is 1710. The summed E-state index contributed by atoms with van der Waals surface area (Å²) in [5.74, 6) is -0.00955. The first kappa shape index (κ1) is 33.9. The standard InChI is InChI=1S/C30H30ClF6N9O/c1-5-22-9-23(16-45(22)25-24(26(47)43(2)3)13-38-27(31)42-25)46(28-39-10-18(11-40-28)19-12-41-44(4)15-19)14-17-6-20(29(32,33)34)8-21(7-17)30(35,36)37/h6-8,10-13,15,22-23H,5,9,14,16H2,1-4H3/t22-,23+/m1/s1. The van der Waals surface area contributed by atoms with Gasteiger partial charge in [-0.2, -0.15) is 36.4 Å². The van der Waals surface area contributed by atoms with Crippen molar-refractivity contribution in [2.24, 2.45) is 7.05 Å². The Morgan fingerprint density at radius 1 is 0.957 bits per heavy atom. The maximum Gasteiger partial charge on any atom is 0.416 e. The average Bonchev–Trinajstić information content (AvgIpc) is 3.65. The molecular formula is C30H30ClF6N9O. The predicted molar refractivity (Wildman–Crippen MR) is 162 cm³/mol. The Labute approximate surface area is 271 Å². The SMILES string of the molecule is CC[C@@H]1C[C@H](N(Cc2cc(C(F)(F)F)cc(C(F)(F)F)c2)c2ncc(-c3cnn(C)c3)cn2)CN1c1nc(Cl)ncc1C(=O)N(C)C. The van der Waals surface area contributed by atoms with Gasteiger partial charge in [-0.05, 0) is 48.2 Å². The van der Waals surface area contributed by atoms with Gasteiger partial charge in [0.25, 0.3) is 5.91 Å². The highest BCUT2D eigenvalue weighted by Crippen LogP contribution is 2.38. The van der Waals surface area contributed by atoms with E-state index in [9.17, 15) is 31.1 Å². The monoisotopic (exact) mass is 681 g/mol. The molecule has 1 aromatic carbocycles. The van der Waals surface area contributed by atoms with Gasteiger partial charge in [0.15, 0.2) is 0 Å². The summed E-state index contributed by atoms with van der Waals surface area (Å²) < 4.78 is 84.2. The summed E-state index contributed by atoms with van der Waals surface area (Å²) in [7, 11) is 4.88. The van der Waals surface area contributed by atoms with Crippen molar-refractivity contribution < 1.29 is 31.1 Å². The van der Waals surface area contributed by atoms with Crippen LogP contribution < -0.4 is 9.80 Å². The van der Waals surface area contributed by atoms with E-state index in [1.807, 2.05) is 11.8 Å². The molecule has 5 rings (SSSR count). The van der Waals surface area contributed by atoms with Crippen molar-refractivity contribution in [2.75, 3.05) is 30.4 Å². The van der Waals surface area contributed by atoms with Crippen LogP contribution in [0.1, 0.15) is 46.8 Å². The highest BCUT2D eigenvalue weighted by molar-refractivity contribution is 6.28. The number of rotatable bonds is 8. The largest absolute Gasteiger partial charge is 0.416 e. The number of anilines is 2. The third-order valence-corrected chi connectivity index (χ3v) is 8.07. The van der Waals surface area contributed by atoms with E-state index in [0.717, 1.165) is 5.56 Å². The van der Waals surface area contributed by atoms with Gasteiger partial charge in [-0.15, -0.1) is 0 Å². The Hall–Kier alpha value is -4.47. The van der Waals surface area contributed by atoms with E-state index in [0.29, 0.717) is 30.5 Å². The fourth-order valence-electron chi connectivity index (χ4n) is 5.59. The van der Waals surface area contributed by atoms with Crippen LogP contribution in [-0.4, -0.2) is 73.2 Å². The van der Waals surface area contributed by atoms with E-state index in [1.165, 1.54) is 23.5 Å². The maximum absolute atomic E-state index is 13.8. The normalized spacial score (nSPS) is 16.9. The molecule has 3 aromatic heterocycles. The predicted octanol–water partition coefficient (Wildman–Crippen LogP) is 6.12. The van der Waals surface area contributed by atoms with Crippen molar-refractivity contribution in [1.82, 2.24) is 34.6 Å². The van der Waals surface area contributed by atoms with Gasteiger partial charge in [-0.1, -0.05) is 6.92 Å². The van der Waals surface area contributed by atoms with Crippen LogP contribution in [-0.2, 0) is 25.9 Å². The number of benzene rings is 1. The molecule has 0 N–H and O–H groups in total. The van der Waals surface area contributed by atoms with E-state index in [2.05, 4.69) is 25.0 Å². The highest BCUT2D eigenvalue weighted by Gasteiger charge is 2.40. The molecule has 1 amide bonds. The number of hydrogen-bond donors (Lipinski definition) is 0. The zero-order valence-corrected chi connectivity index (χ0v) is 26.4. The molecule has 0 radical (unpaired) electrons. The Kier molecular flexibility index (Phi) is 9.35. The second kappa shape index (κ2) is 13.0. The summed E-state index contributed by atoms with van der Waals surface area (Å²) in [5.41, 5.74) is -1.55. The lowest BCUT2D eigenvalue weighted by molar-refractivity contribution is -0.143. The summed E-state index contributed by atoms with van der Waals surface area (Å²) >= 11 is 6.15. The molecule has 1 aliphatic heterocycles. The number of alkyl halides is 6. The molecule has 47 heavy (non-hydrogen) atoms. The molecule has 250 valence electrons. The van der Waals surface area contributed by atoms with Crippen molar-refractivity contribution in [2.45, 2.75) is 50.7 Å². The number of halogens is 7. The molecule has 4 heterocycles.